The monoisotopic (exact) mass is 696 g/mol. The zero-order valence-electron chi connectivity index (χ0n) is 24.9. The number of phenolic OH excluding ortho intramolecular Hbond substituents is 1. The number of phenols is 1. The van der Waals surface area contributed by atoms with Crippen LogP contribution in [0.5, 0.6) is 5.75 Å². The minimum atomic E-state index is -4.67. The first-order valence-corrected chi connectivity index (χ1v) is 16.1. The van der Waals surface area contributed by atoms with Gasteiger partial charge in [0.2, 0.25) is 5.78 Å². The van der Waals surface area contributed by atoms with E-state index in [0.717, 1.165) is 5.69 Å². The highest BCUT2D eigenvalue weighted by Crippen LogP contribution is 2.53. The van der Waals surface area contributed by atoms with Crippen LogP contribution in [-0.4, -0.2) is 117 Å². The fourth-order valence-electron chi connectivity index (χ4n) is 6.15. The number of nitrogens with one attached hydrogen (secondary N) is 1. The van der Waals surface area contributed by atoms with Gasteiger partial charge in [-0.1, -0.05) is 0 Å². The van der Waals surface area contributed by atoms with Gasteiger partial charge >= 0.3 is 20.8 Å². The summed E-state index contributed by atoms with van der Waals surface area (Å²) in [5, 5.41) is 44.6. The summed E-state index contributed by atoms with van der Waals surface area (Å²) in [6.07, 6.45) is 0.326. The summed E-state index contributed by atoms with van der Waals surface area (Å²) >= 11 is 0. The van der Waals surface area contributed by atoms with Crippen molar-refractivity contribution in [2.45, 2.75) is 38.3 Å². The molecule has 0 saturated heterocycles. The fourth-order valence-corrected chi connectivity index (χ4v) is 6.15. The Kier molecular flexibility index (Phi) is 11.7. The number of carbonyl (C=O) groups is 3. The van der Waals surface area contributed by atoms with Crippen molar-refractivity contribution in [1.29, 1.82) is 0 Å². The number of Topliss-reactive ketones (excluding diaryl/α,β-unsaturated/α-hetero) is 2. The average molecular weight is 697 g/mol. The lowest BCUT2D eigenvalue weighted by atomic mass is 9.58. The van der Waals surface area contributed by atoms with Gasteiger partial charge in [-0.25, -0.2) is 5.84 Å². The lowest BCUT2D eigenvalue weighted by Gasteiger charge is -2.50. The molecular formula is C25H36N4O15S2. The summed E-state index contributed by atoms with van der Waals surface area (Å²) in [5.74, 6) is -1.21. The SMILES string of the molecule is CCN(CC)c1ccc(O)c2c1CC1CC3[C@H](N(C)C)C(O)=C(C(=O)NN)C(=O)C3(O)C(O)=C1C2=O.O=S(=O)(O)O.O=S(=O)(O)O. The molecule has 46 heavy (non-hydrogen) atoms. The second-order valence-corrected chi connectivity index (χ2v) is 12.4. The molecule has 4 rings (SSSR count). The quantitative estimate of drug-likeness (QED) is 0.0590. The molecule has 1 amide bonds. The number of ketones is 2. The summed E-state index contributed by atoms with van der Waals surface area (Å²) in [5.41, 5.74) is -0.381. The van der Waals surface area contributed by atoms with Crippen molar-refractivity contribution in [1.82, 2.24) is 10.3 Å². The number of likely N-dealkylation sites (N-methyl/N-ethyl adjacent to an activating group) is 1. The molecule has 0 aliphatic heterocycles. The van der Waals surface area contributed by atoms with Crippen LogP contribution in [0.2, 0.25) is 0 Å². The number of hydrazine groups is 1. The Labute approximate surface area is 263 Å². The van der Waals surface area contributed by atoms with E-state index in [4.69, 9.17) is 40.9 Å². The number of carbonyl (C=O) groups excluding carboxylic acids is 3. The van der Waals surface area contributed by atoms with Gasteiger partial charge in [0.1, 0.15) is 22.8 Å². The molecule has 3 aliphatic rings. The number of aliphatic hydroxyl groups excluding tert-OH is 2. The number of nitrogens with zero attached hydrogens (tertiary/aromatic N) is 2. The van der Waals surface area contributed by atoms with Crippen LogP contribution in [0.25, 0.3) is 0 Å². The van der Waals surface area contributed by atoms with E-state index in [-0.39, 0.29) is 29.7 Å². The number of hydrogen-bond donors (Lipinski definition) is 10. The molecule has 11 N–H and O–H groups in total. The number of aliphatic hydroxyl groups is 3. The van der Waals surface area contributed by atoms with Crippen LogP contribution < -0.4 is 16.2 Å². The number of anilines is 1. The van der Waals surface area contributed by atoms with Crippen molar-refractivity contribution in [3.8, 4) is 5.75 Å². The maximum atomic E-state index is 13.7. The summed E-state index contributed by atoms with van der Waals surface area (Å²) in [6.45, 7) is 5.30. The van der Waals surface area contributed by atoms with Crippen molar-refractivity contribution in [3.05, 3.63) is 45.9 Å². The normalized spacial score (nSPS) is 24.1. The third-order valence-corrected chi connectivity index (χ3v) is 7.80. The molecule has 0 saturated carbocycles. The largest absolute Gasteiger partial charge is 0.510 e. The third-order valence-electron chi connectivity index (χ3n) is 7.80. The predicted molar refractivity (Wildman–Crippen MR) is 159 cm³/mol. The number of benzene rings is 1. The standard InChI is InChI=1S/C25H32N4O7.2H2O4S/c1-5-29(6-2)14-7-8-15(30)17-12(14)9-11-10-13-19(28(3)4)21(32)18(24(35)27-26)23(34)25(13,36)22(33)16(11)20(17)31;2*1-5(2,3)4/h7-8,11,13,19,30,32-33,36H,5-6,9-10,26H2,1-4H3,(H,27,35);2*(H2,1,2,3,4)/t11?,13?,19-,25?;;/m0../s1. The van der Waals surface area contributed by atoms with Crippen molar-refractivity contribution in [2.24, 2.45) is 17.7 Å². The lowest BCUT2D eigenvalue weighted by molar-refractivity contribution is -0.148. The van der Waals surface area contributed by atoms with E-state index in [1.165, 1.54) is 11.0 Å². The number of rotatable bonds is 5. The first kappa shape index (κ1) is 38.5. The highest BCUT2D eigenvalue weighted by molar-refractivity contribution is 7.80. The Morgan fingerprint density at radius 3 is 1.93 bits per heavy atom. The molecule has 0 radical (unpaired) electrons. The molecule has 1 aromatic rings. The molecule has 258 valence electrons. The van der Waals surface area contributed by atoms with Crippen molar-refractivity contribution in [2.75, 3.05) is 32.1 Å². The van der Waals surface area contributed by atoms with Crippen molar-refractivity contribution < 1.29 is 69.9 Å². The number of fused-ring (bicyclic) bond motifs is 3. The molecule has 0 bridgehead atoms. The Morgan fingerprint density at radius 2 is 1.50 bits per heavy atom. The van der Waals surface area contributed by atoms with Gasteiger partial charge in [0.05, 0.1) is 11.6 Å². The maximum absolute atomic E-state index is 13.7. The van der Waals surface area contributed by atoms with Crippen LogP contribution >= 0.6 is 0 Å². The van der Waals surface area contributed by atoms with Gasteiger partial charge in [-0.2, -0.15) is 16.8 Å². The van der Waals surface area contributed by atoms with Gasteiger partial charge in [0.15, 0.2) is 11.4 Å². The third kappa shape index (κ3) is 7.82. The van der Waals surface area contributed by atoms with E-state index in [9.17, 15) is 34.8 Å². The highest BCUT2D eigenvalue weighted by Gasteiger charge is 2.63. The molecular weight excluding hydrogens is 660 g/mol. The number of aromatic hydroxyl groups is 1. The Bertz CT molecular complexity index is 1640. The number of allylic oxidation sites excluding steroid dienone is 1. The van der Waals surface area contributed by atoms with Gasteiger partial charge < -0.3 is 25.3 Å². The first-order chi connectivity index (χ1) is 20.9. The van der Waals surface area contributed by atoms with Crippen LogP contribution in [0.3, 0.4) is 0 Å². The molecule has 3 unspecified atom stereocenters. The summed E-state index contributed by atoms with van der Waals surface area (Å²) < 4.78 is 63.2. The summed E-state index contributed by atoms with van der Waals surface area (Å²) in [4.78, 5) is 43.1. The topological polar surface area (TPSA) is 326 Å². The van der Waals surface area contributed by atoms with E-state index in [1.54, 1.807) is 25.6 Å². The van der Waals surface area contributed by atoms with Crippen LogP contribution in [0, 0.1) is 11.8 Å². The lowest BCUT2D eigenvalue weighted by Crippen LogP contribution is -2.64. The second-order valence-electron chi connectivity index (χ2n) is 10.6. The Hall–Kier alpha value is -3.67. The van der Waals surface area contributed by atoms with E-state index in [2.05, 4.69) is 4.90 Å². The van der Waals surface area contributed by atoms with E-state index >= 15 is 0 Å². The van der Waals surface area contributed by atoms with Gasteiger partial charge in [-0.05, 0) is 64.4 Å². The first-order valence-electron chi connectivity index (χ1n) is 13.3. The van der Waals surface area contributed by atoms with Crippen molar-refractivity contribution in [3.63, 3.8) is 0 Å². The van der Waals surface area contributed by atoms with Gasteiger partial charge in [0.25, 0.3) is 5.91 Å². The van der Waals surface area contributed by atoms with Gasteiger partial charge in [0, 0.05) is 30.3 Å². The Morgan fingerprint density at radius 1 is 1.00 bits per heavy atom. The second kappa shape index (κ2) is 14.0. The Balaban J connectivity index is 0.000000642. The molecule has 0 fully saturated rings. The predicted octanol–water partition coefficient (Wildman–Crippen LogP) is -0.834. The molecule has 0 aromatic heterocycles. The molecule has 0 heterocycles. The molecule has 21 heteroatoms. The molecule has 4 atom stereocenters. The minimum Gasteiger partial charge on any atom is -0.510 e. The summed E-state index contributed by atoms with van der Waals surface area (Å²) in [7, 11) is -6.13. The number of hydrogen-bond acceptors (Lipinski definition) is 14. The van der Waals surface area contributed by atoms with Crippen LogP contribution in [0.4, 0.5) is 5.69 Å². The van der Waals surface area contributed by atoms with E-state index in [1.807, 2.05) is 13.8 Å². The molecule has 19 nitrogen and oxygen atoms in total. The zero-order valence-corrected chi connectivity index (χ0v) is 26.6. The van der Waals surface area contributed by atoms with Crippen molar-refractivity contribution >= 4 is 44.0 Å². The number of amides is 1. The van der Waals surface area contributed by atoms with Gasteiger partial charge in [-0.15, -0.1) is 0 Å². The highest BCUT2D eigenvalue weighted by atomic mass is 32.3. The van der Waals surface area contributed by atoms with Crippen LogP contribution in [0.15, 0.2) is 34.8 Å². The molecule has 0 spiro atoms. The maximum Gasteiger partial charge on any atom is 0.394 e. The van der Waals surface area contributed by atoms with Crippen LogP contribution in [0.1, 0.15) is 36.2 Å². The number of nitrogens with two attached hydrogens (primary N) is 1. The molecule has 3 aliphatic carbocycles. The van der Waals surface area contributed by atoms with Crippen LogP contribution in [-0.2, 0) is 36.8 Å². The zero-order chi connectivity index (χ0) is 35.7. The smallest absolute Gasteiger partial charge is 0.394 e. The summed E-state index contributed by atoms with van der Waals surface area (Å²) in [6, 6.07) is 2.15. The fraction of sp³-hybridized carbons (Fsp3) is 0.480. The van der Waals surface area contributed by atoms with Gasteiger partial charge in [-0.3, -0.25) is 42.9 Å². The van der Waals surface area contributed by atoms with E-state index in [0.29, 0.717) is 18.7 Å². The minimum absolute atomic E-state index is 0.0185. The average Bonchev–Trinajstić information content (AvgIpc) is 2.90. The van der Waals surface area contributed by atoms with E-state index < -0.39 is 78.8 Å². The molecule has 1 aromatic carbocycles.